The Labute approximate surface area is 120 Å². The van der Waals surface area contributed by atoms with Crippen LogP contribution < -0.4 is 10.5 Å². The fourth-order valence-corrected chi connectivity index (χ4v) is 3.22. The summed E-state index contributed by atoms with van der Waals surface area (Å²) in [5, 5.41) is -0.0335. The van der Waals surface area contributed by atoms with Gasteiger partial charge in [-0.15, -0.1) is 0 Å². The molecule has 3 N–H and O–H groups in total. The molecular formula is C12H12ClFN2O3S. The van der Waals surface area contributed by atoms with E-state index in [1.807, 2.05) is 0 Å². The first kappa shape index (κ1) is 14.8. The monoisotopic (exact) mass is 318 g/mol. The van der Waals surface area contributed by atoms with E-state index in [9.17, 15) is 12.8 Å². The smallest absolute Gasteiger partial charge is 0.265 e. The van der Waals surface area contributed by atoms with Crippen LogP contribution in [0.3, 0.4) is 0 Å². The zero-order valence-corrected chi connectivity index (χ0v) is 12.1. The molecule has 2 aromatic rings. The lowest BCUT2D eigenvalue weighted by Crippen LogP contribution is -2.13. The van der Waals surface area contributed by atoms with Crippen LogP contribution in [0.1, 0.15) is 11.5 Å². The molecule has 2 rings (SSSR count). The van der Waals surface area contributed by atoms with Gasteiger partial charge in [-0.3, -0.25) is 4.72 Å². The van der Waals surface area contributed by atoms with Crippen molar-refractivity contribution in [3.63, 3.8) is 0 Å². The van der Waals surface area contributed by atoms with Gasteiger partial charge >= 0.3 is 0 Å². The number of halogens is 2. The van der Waals surface area contributed by atoms with E-state index in [1.54, 1.807) is 0 Å². The summed E-state index contributed by atoms with van der Waals surface area (Å²) in [6.07, 6.45) is 0. The molecule has 20 heavy (non-hydrogen) atoms. The lowest BCUT2D eigenvalue weighted by Gasteiger charge is -2.08. The van der Waals surface area contributed by atoms with Crippen molar-refractivity contribution in [2.75, 3.05) is 4.72 Å². The third-order valence-electron chi connectivity index (χ3n) is 2.59. The van der Waals surface area contributed by atoms with E-state index in [0.717, 1.165) is 12.1 Å². The molecule has 0 fully saturated rings. The summed E-state index contributed by atoms with van der Waals surface area (Å²) >= 11 is 5.78. The topological polar surface area (TPSA) is 85.3 Å². The van der Waals surface area contributed by atoms with Crippen LogP contribution in [0.5, 0.6) is 0 Å². The quantitative estimate of drug-likeness (QED) is 0.907. The Bertz CT molecular complexity index is 743. The van der Waals surface area contributed by atoms with Gasteiger partial charge in [0.05, 0.1) is 17.3 Å². The standard InChI is InChI=1S/C12H12ClFN2O3S/c1-7-12(5-9(6-15)19-7)20(17,18)16-11-3-2-8(14)4-10(11)13/h2-5,16H,6,15H2,1H3. The van der Waals surface area contributed by atoms with Crippen LogP contribution in [0.25, 0.3) is 0 Å². The molecule has 0 radical (unpaired) electrons. The summed E-state index contributed by atoms with van der Waals surface area (Å²) in [6.45, 7) is 1.60. The Morgan fingerprint density at radius 3 is 2.65 bits per heavy atom. The minimum atomic E-state index is -3.87. The molecule has 0 atom stereocenters. The fourth-order valence-electron chi connectivity index (χ4n) is 1.66. The molecular weight excluding hydrogens is 307 g/mol. The predicted molar refractivity (Wildman–Crippen MR) is 73.6 cm³/mol. The maximum Gasteiger partial charge on any atom is 0.265 e. The third-order valence-corrected chi connectivity index (χ3v) is 4.38. The SMILES string of the molecule is Cc1oc(CN)cc1S(=O)(=O)Nc1ccc(F)cc1Cl. The van der Waals surface area contributed by atoms with Gasteiger partial charge in [-0.05, 0) is 25.1 Å². The maximum absolute atomic E-state index is 12.9. The number of nitrogens with two attached hydrogens (primary N) is 1. The minimum Gasteiger partial charge on any atom is -0.464 e. The first-order chi connectivity index (χ1) is 9.33. The number of hydrogen-bond donors (Lipinski definition) is 2. The Morgan fingerprint density at radius 2 is 2.10 bits per heavy atom. The molecule has 1 heterocycles. The van der Waals surface area contributed by atoms with E-state index >= 15 is 0 Å². The number of anilines is 1. The second-order valence-electron chi connectivity index (χ2n) is 4.07. The van der Waals surface area contributed by atoms with Crippen molar-refractivity contribution >= 4 is 27.3 Å². The molecule has 108 valence electrons. The summed E-state index contributed by atoms with van der Waals surface area (Å²) in [5.41, 5.74) is 5.48. The molecule has 5 nitrogen and oxygen atoms in total. The van der Waals surface area contributed by atoms with E-state index in [2.05, 4.69) is 4.72 Å². The second kappa shape index (κ2) is 5.43. The van der Waals surface area contributed by atoms with Gasteiger partial charge in [0.1, 0.15) is 22.2 Å². The van der Waals surface area contributed by atoms with Gasteiger partial charge in [-0.25, -0.2) is 12.8 Å². The largest absolute Gasteiger partial charge is 0.464 e. The van der Waals surface area contributed by atoms with Gasteiger partial charge in [0, 0.05) is 6.07 Å². The van der Waals surface area contributed by atoms with Gasteiger partial charge in [0.2, 0.25) is 0 Å². The molecule has 1 aromatic carbocycles. The summed E-state index contributed by atoms with van der Waals surface area (Å²) in [7, 11) is -3.87. The molecule has 0 unspecified atom stereocenters. The number of nitrogens with one attached hydrogen (secondary N) is 1. The Hall–Kier alpha value is -1.57. The van der Waals surface area contributed by atoms with Gasteiger partial charge in [-0.1, -0.05) is 11.6 Å². The van der Waals surface area contributed by atoms with Crippen molar-refractivity contribution in [3.8, 4) is 0 Å². The Balaban J connectivity index is 2.38. The second-order valence-corrected chi connectivity index (χ2v) is 6.12. The minimum absolute atomic E-state index is 0.0293. The summed E-state index contributed by atoms with van der Waals surface area (Å²) in [5.74, 6) is 0.0205. The molecule has 1 aromatic heterocycles. The summed E-state index contributed by atoms with van der Waals surface area (Å²) in [6, 6.07) is 4.72. The summed E-state index contributed by atoms with van der Waals surface area (Å²) in [4.78, 5) is -0.0293. The van der Waals surface area contributed by atoms with Crippen LogP contribution in [0, 0.1) is 12.7 Å². The van der Waals surface area contributed by atoms with Crippen LogP contribution in [0.2, 0.25) is 5.02 Å². The van der Waals surface area contributed by atoms with Gasteiger partial charge in [-0.2, -0.15) is 0 Å². The molecule has 8 heteroatoms. The van der Waals surface area contributed by atoms with Gasteiger partial charge in [0.15, 0.2) is 0 Å². The number of sulfonamides is 1. The zero-order chi connectivity index (χ0) is 14.9. The van der Waals surface area contributed by atoms with Crippen LogP contribution in [-0.4, -0.2) is 8.42 Å². The van der Waals surface area contributed by atoms with Crippen LogP contribution >= 0.6 is 11.6 Å². The van der Waals surface area contributed by atoms with E-state index in [4.69, 9.17) is 21.8 Å². The van der Waals surface area contributed by atoms with Crippen molar-refractivity contribution in [1.29, 1.82) is 0 Å². The van der Waals surface area contributed by atoms with E-state index < -0.39 is 15.8 Å². The number of aryl methyl sites for hydroxylation is 1. The number of rotatable bonds is 4. The van der Waals surface area contributed by atoms with Crippen molar-refractivity contribution in [2.24, 2.45) is 5.73 Å². The lowest BCUT2D eigenvalue weighted by molar-refractivity contribution is 0.479. The van der Waals surface area contributed by atoms with E-state index in [1.165, 1.54) is 19.1 Å². The fraction of sp³-hybridized carbons (Fsp3) is 0.167. The van der Waals surface area contributed by atoms with Crippen molar-refractivity contribution in [2.45, 2.75) is 18.4 Å². The number of hydrogen-bond acceptors (Lipinski definition) is 4. The molecule has 0 aliphatic heterocycles. The summed E-state index contributed by atoms with van der Waals surface area (Å²) < 4.78 is 44.9. The molecule has 0 aliphatic carbocycles. The Morgan fingerprint density at radius 1 is 1.40 bits per heavy atom. The predicted octanol–water partition coefficient (Wildman–Crippen LogP) is 2.64. The lowest BCUT2D eigenvalue weighted by atomic mass is 10.3. The van der Waals surface area contributed by atoms with Crippen LogP contribution in [0.4, 0.5) is 10.1 Å². The Kier molecular flexibility index (Phi) is 4.03. The molecule has 0 amide bonds. The number of furan rings is 1. The number of benzene rings is 1. The van der Waals surface area contributed by atoms with Crippen molar-refractivity contribution in [1.82, 2.24) is 0 Å². The van der Waals surface area contributed by atoms with E-state index in [-0.39, 0.29) is 27.9 Å². The van der Waals surface area contributed by atoms with Crippen LogP contribution in [-0.2, 0) is 16.6 Å². The highest BCUT2D eigenvalue weighted by Gasteiger charge is 2.22. The molecule has 0 bridgehead atoms. The maximum atomic E-state index is 12.9. The zero-order valence-electron chi connectivity index (χ0n) is 10.5. The first-order valence-electron chi connectivity index (χ1n) is 5.60. The van der Waals surface area contributed by atoms with Crippen molar-refractivity contribution < 1.29 is 17.2 Å². The molecule has 0 spiro atoms. The van der Waals surface area contributed by atoms with Crippen LogP contribution in [0.15, 0.2) is 33.6 Å². The highest BCUT2D eigenvalue weighted by atomic mass is 35.5. The highest BCUT2D eigenvalue weighted by molar-refractivity contribution is 7.92. The van der Waals surface area contributed by atoms with Gasteiger partial charge in [0.25, 0.3) is 10.0 Å². The average molecular weight is 319 g/mol. The van der Waals surface area contributed by atoms with E-state index in [0.29, 0.717) is 5.76 Å². The first-order valence-corrected chi connectivity index (χ1v) is 7.47. The third kappa shape index (κ3) is 2.95. The molecule has 0 saturated carbocycles. The molecule has 0 aliphatic rings. The molecule has 0 saturated heterocycles. The average Bonchev–Trinajstić information content (AvgIpc) is 2.75. The van der Waals surface area contributed by atoms with Gasteiger partial charge < -0.3 is 10.2 Å². The highest BCUT2D eigenvalue weighted by Crippen LogP contribution is 2.27. The normalized spacial score (nSPS) is 11.6. The van der Waals surface area contributed by atoms with Crippen molar-refractivity contribution in [3.05, 3.63) is 46.6 Å².